The van der Waals surface area contributed by atoms with Gasteiger partial charge >= 0.3 is 0 Å². The first kappa shape index (κ1) is 9.36. The molecule has 1 saturated carbocycles. The van der Waals surface area contributed by atoms with Crippen LogP contribution in [0.4, 0.5) is 5.82 Å². The summed E-state index contributed by atoms with van der Waals surface area (Å²) in [5, 5.41) is 0.309. The maximum Gasteiger partial charge on any atom is 0.224 e. The molecule has 2 heterocycles. The molecule has 2 fully saturated rings. The average Bonchev–Trinajstić information content (AvgIpc) is 2.74. The Morgan fingerprint density at radius 1 is 1.47 bits per heavy atom. The van der Waals surface area contributed by atoms with E-state index in [-0.39, 0.29) is 0 Å². The molecule has 1 aromatic rings. The molecule has 0 radical (unpaired) electrons. The van der Waals surface area contributed by atoms with Gasteiger partial charge in [-0.05, 0) is 36.4 Å². The third kappa shape index (κ3) is 1.40. The Morgan fingerprint density at radius 2 is 2.33 bits per heavy atom. The Labute approximate surface area is 93.5 Å². The molecule has 3 atom stereocenters. The van der Waals surface area contributed by atoms with Gasteiger partial charge in [0.1, 0.15) is 5.82 Å². The van der Waals surface area contributed by atoms with E-state index in [9.17, 15) is 0 Å². The summed E-state index contributed by atoms with van der Waals surface area (Å²) in [5.74, 6) is 1.54. The number of nitrogens with zero attached hydrogens (tertiary/aromatic N) is 3. The molecule has 1 aliphatic heterocycles. The highest BCUT2D eigenvalue weighted by Crippen LogP contribution is 2.38. The monoisotopic (exact) mass is 224 g/mol. The number of halogens is 1. The van der Waals surface area contributed by atoms with Crippen LogP contribution in [0.3, 0.4) is 0 Å². The summed E-state index contributed by atoms with van der Waals surface area (Å²) in [4.78, 5) is 10.4. The number of hydrogen-bond acceptors (Lipinski definition) is 4. The zero-order chi connectivity index (χ0) is 10.4. The van der Waals surface area contributed by atoms with E-state index in [1.54, 1.807) is 6.20 Å². The van der Waals surface area contributed by atoms with E-state index in [0.717, 1.165) is 12.4 Å². The van der Waals surface area contributed by atoms with Gasteiger partial charge in [0.2, 0.25) is 5.28 Å². The molecule has 0 aromatic carbocycles. The van der Waals surface area contributed by atoms with Crippen molar-refractivity contribution in [3.05, 3.63) is 17.5 Å². The van der Waals surface area contributed by atoms with Crippen molar-refractivity contribution in [1.82, 2.24) is 9.97 Å². The fourth-order valence-corrected chi connectivity index (χ4v) is 2.94. The van der Waals surface area contributed by atoms with Gasteiger partial charge in [0, 0.05) is 24.8 Å². The predicted molar refractivity (Wildman–Crippen MR) is 58.9 cm³/mol. The molecular formula is C10H13ClN4. The molecule has 2 N–H and O–H groups in total. The molecule has 80 valence electrons. The van der Waals surface area contributed by atoms with E-state index in [1.165, 1.54) is 12.8 Å². The van der Waals surface area contributed by atoms with E-state index >= 15 is 0 Å². The van der Waals surface area contributed by atoms with Crippen molar-refractivity contribution in [1.29, 1.82) is 0 Å². The molecule has 2 unspecified atom stereocenters. The highest BCUT2D eigenvalue weighted by molar-refractivity contribution is 6.28. The molecule has 15 heavy (non-hydrogen) atoms. The molecule has 2 aliphatic rings. The zero-order valence-corrected chi connectivity index (χ0v) is 9.06. The van der Waals surface area contributed by atoms with Crippen LogP contribution in [-0.2, 0) is 0 Å². The van der Waals surface area contributed by atoms with Gasteiger partial charge < -0.3 is 10.6 Å². The van der Waals surface area contributed by atoms with E-state index in [2.05, 4.69) is 14.9 Å². The standard InChI is InChI=1S/C10H13ClN4/c11-10-13-4-3-8(14-10)15-5-6-1-2-7(15)9(6)12/h3-4,6-7,9H,1-2,5,12H2/t6?,7?,9-/m1/s1. The smallest absolute Gasteiger partial charge is 0.224 e. The summed E-state index contributed by atoms with van der Waals surface area (Å²) in [6.45, 7) is 1.01. The van der Waals surface area contributed by atoms with E-state index < -0.39 is 0 Å². The first-order chi connectivity index (χ1) is 7.25. The first-order valence-electron chi connectivity index (χ1n) is 5.26. The number of hydrogen-bond donors (Lipinski definition) is 1. The van der Waals surface area contributed by atoms with Crippen LogP contribution in [-0.4, -0.2) is 28.6 Å². The molecule has 0 spiro atoms. The largest absolute Gasteiger partial charge is 0.352 e. The molecule has 1 aromatic heterocycles. The van der Waals surface area contributed by atoms with Crippen molar-refractivity contribution in [2.75, 3.05) is 11.4 Å². The Morgan fingerprint density at radius 3 is 2.93 bits per heavy atom. The van der Waals surface area contributed by atoms with Crippen molar-refractivity contribution in [2.45, 2.75) is 24.9 Å². The van der Waals surface area contributed by atoms with Crippen molar-refractivity contribution < 1.29 is 0 Å². The average molecular weight is 225 g/mol. The van der Waals surface area contributed by atoms with Gasteiger partial charge in [0.25, 0.3) is 0 Å². The first-order valence-corrected chi connectivity index (χ1v) is 5.64. The third-order valence-electron chi connectivity index (χ3n) is 3.56. The van der Waals surface area contributed by atoms with Crippen LogP contribution in [0.1, 0.15) is 12.8 Å². The van der Waals surface area contributed by atoms with Gasteiger partial charge in [0.15, 0.2) is 0 Å². The highest BCUT2D eigenvalue weighted by atomic mass is 35.5. The number of aromatic nitrogens is 2. The van der Waals surface area contributed by atoms with Crippen molar-refractivity contribution in [3.63, 3.8) is 0 Å². The van der Waals surface area contributed by atoms with Gasteiger partial charge in [-0.2, -0.15) is 0 Å². The van der Waals surface area contributed by atoms with Crippen LogP contribution in [0, 0.1) is 5.92 Å². The quantitative estimate of drug-likeness (QED) is 0.725. The van der Waals surface area contributed by atoms with Crippen LogP contribution < -0.4 is 10.6 Å². The van der Waals surface area contributed by atoms with Gasteiger partial charge in [0.05, 0.1) is 0 Å². The lowest BCUT2D eigenvalue weighted by Gasteiger charge is -2.27. The number of rotatable bonds is 1. The van der Waals surface area contributed by atoms with Crippen LogP contribution in [0.25, 0.3) is 0 Å². The summed E-state index contributed by atoms with van der Waals surface area (Å²) in [6, 6.07) is 2.65. The van der Waals surface area contributed by atoms with Crippen molar-refractivity contribution in [3.8, 4) is 0 Å². The molecular weight excluding hydrogens is 212 g/mol. The second kappa shape index (κ2) is 3.32. The van der Waals surface area contributed by atoms with E-state index in [4.69, 9.17) is 17.3 Å². The van der Waals surface area contributed by atoms with Crippen LogP contribution in [0.5, 0.6) is 0 Å². The van der Waals surface area contributed by atoms with Gasteiger partial charge in [-0.25, -0.2) is 9.97 Å². The second-order valence-corrected chi connectivity index (χ2v) is 4.66. The minimum atomic E-state index is 0.304. The van der Waals surface area contributed by atoms with Gasteiger partial charge in [-0.15, -0.1) is 0 Å². The van der Waals surface area contributed by atoms with E-state index in [0.29, 0.717) is 23.3 Å². The van der Waals surface area contributed by atoms with Gasteiger partial charge in [-0.1, -0.05) is 0 Å². The number of anilines is 1. The number of fused-ring (bicyclic) bond motifs is 2. The Balaban J connectivity index is 1.90. The summed E-state index contributed by atoms with van der Waals surface area (Å²) in [7, 11) is 0. The van der Waals surface area contributed by atoms with Crippen molar-refractivity contribution >= 4 is 17.4 Å². The van der Waals surface area contributed by atoms with E-state index in [1.807, 2.05) is 6.07 Å². The maximum atomic E-state index is 6.13. The lowest BCUT2D eigenvalue weighted by molar-refractivity contribution is 0.536. The highest BCUT2D eigenvalue weighted by Gasteiger charge is 2.45. The summed E-state index contributed by atoms with van der Waals surface area (Å²) in [5.41, 5.74) is 6.13. The van der Waals surface area contributed by atoms with Gasteiger partial charge in [-0.3, -0.25) is 0 Å². The molecule has 1 saturated heterocycles. The second-order valence-electron chi connectivity index (χ2n) is 4.32. The third-order valence-corrected chi connectivity index (χ3v) is 3.74. The van der Waals surface area contributed by atoms with Crippen LogP contribution >= 0.6 is 11.6 Å². The predicted octanol–water partition coefficient (Wildman–Crippen LogP) is 1.06. The molecule has 3 rings (SSSR count). The molecule has 4 nitrogen and oxygen atoms in total. The summed E-state index contributed by atoms with van der Waals surface area (Å²) in [6.07, 6.45) is 4.12. The van der Waals surface area contributed by atoms with Crippen LogP contribution in [0.15, 0.2) is 12.3 Å². The minimum Gasteiger partial charge on any atom is -0.352 e. The minimum absolute atomic E-state index is 0.304. The Hall–Kier alpha value is -0.870. The van der Waals surface area contributed by atoms with Crippen molar-refractivity contribution in [2.24, 2.45) is 11.7 Å². The zero-order valence-electron chi connectivity index (χ0n) is 8.31. The Bertz CT molecular complexity index is 383. The lowest BCUT2D eigenvalue weighted by Crippen LogP contribution is -2.38. The Kier molecular flexibility index (Phi) is 2.07. The molecule has 2 bridgehead atoms. The fraction of sp³-hybridized carbons (Fsp3) is 0.600. The fourth-order valence-electron chi connectivity index (χ4n) is 2.80. The maximum absolute atomic E-state index is 6.13. The normalized spacial score (nSPS) is 33.7. The number of piperidine rings is 1. The number of nitrogens with two attached hydrogens (primary N) is 1. The van der Waals surface area contributed by atoms with Crippen LogP contribution in [0.2, 0.25) is 5.28 Å². The molecule has 0 amide bonds. The topological polar surface area (TPSA) is 55.0 Å². The summed E-state index contributed by atoms with van der Waals surface area (Å²) >= 11 is 5.78. The molecule has 1 aliphatic carbocycles. The summed E-state index contributed by atoms with van der Waals surface area (Å²) < 4.78 is 0. The SMILES string of the molecule is N[C@@H]1C2CCC1N(c1ccnc(Cl)n1)C2. The lowest BCUT2D eigenvalue weighted by atomic mass is 10.1. The molecule has 5 heteroatoms.